The third-order valence-corrected chi connectivity index (χ3v) is 5.37. The molecule has 1 saturated carbocycles. The summed E-state index contributed by atoms with van der Waals surface area (Å²) in [7, 11) is 0. The molecule has 2 aromatic carbocycles. The van der Waals surface area contributed by atoms with Crippen LogP contribution in [0.1, 0.15) is 51.2 Å². The maximum absolute atomic E-state index is 10.6. The van der Waals surface area contributed by atoms with Crippen LogP contribution in [0.5, 0.6) is 23.0 Å². The van der Waals surface area contributed by atoms with Crippen molar-refractivity contribution in [1.82, 2.24) is 0 Å². The summed E-state index contributed by atoms with van der Waals surface area (Å²) < 4.78 is 0. The third kappa shape index (κ3) is 3.13. The van der Waals surface area contributed by atoms with Gasteiger partial charge in [-0.15, -0.1) is 0 Å². The van der Waals surface area contributed by atoms with Crippen molar-refractivity contribution in [3.05, 3.63) is 47.5 Å². The molecule has 3 rings (SSSR count). The first-order chi connectivity index (χ1) is 11.6. The average Bonchev–Trinajstić information content (AvgIpc) is 2.44. The third-order valence-electron chi connectivity index (χ3n) is 5.37. The smallest absolute Gasteiger partial charge is 0.123 e. The van der Waals surface area contributed by atoms with E-state index in [1.165, 1.54) is 12.1 Å². The van der Waals surface area contributed by atoms with Gasteiger partial charge in [-0.3, -0.25) is 0 Å². The predicted molar refractivity (Wildman–Crippen MR) is 97.1 cm³/mol. The first kappa shape index (κ1) is 17.5. The van der Waals surface area contributed by atoms with Crippen molar-refractivity contribution in [2.45, 2.75) is 45.4 Å². The molecule has 0 saturated heterocycles. The zero-order valence-corrected chi connectivity index (χ0v) is 15.0. The van der Waals surface area contributed by atoms with Gasteiger partial charge < -0.3 is 20.4 Å². The molecule has 1 unspecified atom stereocenters. The van der Waals surface area contributed by atoms with Crippen molar-refractivity contribution >= 4 is 0 Å². The van der Waals surface area contributed by atoms with E-state index in [1.54, 1.807) is 24.3 Å². The van der Waals surface area contributed by atoms with Gasteiger partial charge in [-0.2, -0.15) is 0 Å². The van der Waals surface area contributed by atoms with E-state index >= 15 is 0 Å². The summed E-state index contributed by atoms with van der Waals surface area (Å²) in [4.78, 5) is 0. The lowest BCUT2D eigenvalue weighted by molar-refractivity contribution is 0.123. The number of phenols is 4. The Kier molecular flexibility index (Phi) is 4.10. The van der Waals surface area contributed by atoms with Gasteiger partial charge in [0.05, 0.1) is 0 Å². The van der Waals surface area contributed by atoms with Crippen molar-refractivity contribution in [2.24, 2.45) is 11.3 Å². The van der Waals surface area contributed by atoms with E-state index in [0.717, 1.165) is 19.3 Å². The van der Waals surface area contributed by atoms with Crippen LogP contribution in [0.2, 0.25) is 0 Å². The maximum atomic E-state index is 10.6. The van der Waals surface area contributed by atoms with Crippen LogP contribution in [0.4, 0.5) is 0 Å². The minimum Gasteiger partial charge on any atom is -0.508 e. The summed E-state index contributed by atoms with van der Waals surface area (Å²) in [6.07, 6.45) is 2.58. The fraction of sp³-hybridized carbons (Fsp3) is 0.429. The van der Waals surface area contributed by atoms with Gasteiger partial charge in [0.2, 0.25) is 0 Å². The van der Waals surface area contributed by atoms with E-state index in [0.29, 0.717) is 17.0 Å². The number of hydrogen-bond donors (Lipinski definition) is 4. The number of hydrogen-bond acceptors (Lipinski definition) is 4. The number of phenolic OH excluding ortho intramolecular Hbond substituents is 4. The number of benzene rings is 2. The maximum Gasteiger partial charge on any atom is 0.123 e. The van der Waals surface area contributed by atoms with Gasteiger partial charge in [0.25, 0.3) is 0 Å². The minimum absolute atomic E-state index is 0.00875. The van der Waals surface area contributed by atoms with Gasteiger partial charge in [0.15, 0.2) is 0 Å². The highest BCUT2D eigenvalue weighted by molar-refractivity contribution is 5.54. The van der Waals surface area contributed by atoms with Gasteiger partial charge >= 0.3 is 0 Å². The van der Waals surface area contributed by atoms with E-state index in [9.17, 15) is 20.4 Å². The molecule has 1 fully saturated rings. The van der Waals surface area contributed by atoms with Crippen molar-refractivity contribution in [3.63, 3.8) is 0 Å². The molecule has 1 aliphatic carbocycles. The molecule has 0 amide bonds. The minimum atomic E-state index is -0.587. The van der Waals surface area contributed by atoms with Crippen molar-refractivity contribution in [3.8, 4) is 23.0 Å². The Hall–Kier alpha value is -2.36. The van der Waals surface area contributed by atoms with Gasteiger partial charge in [-0.05, 0) is 42.7 Å². The van der Waals surface area contributed by atoms with Crippen LogP contribution in [-0.2, 0) is 5.41 Å². The molecule has 0 spiro atoms. The molecular weight excluding hydrogens is 316 g/mol. The van der Waals surface area contributed by atoms with Crippen LogP contribution < -0.4 is 0 Å². The molecule has 0 aromatic heterocycles. The van der Waals surface area contributed by atoms with Crippen molar-refractivity contribution in [2.75, 3.05) is 0 Å². The fourth-order valence-corrected chi connectivity index (χ4v) is 4.98. The van der Waals surface area contributed by atoms with E-state index in [1.807, 2.05) is 0 Å². The lowest BCUT2D eigenvalue weighted by Gasteiger charge is -2.48. The highest BCUT2D eigenvalue weighted by Crippen LogP contribution is 2.57. The summed E-state index contributed by atoms with van der Waals surface area (Å²) >= 11 is 0. The summed E-state index contributed by atoms with van der Waals surface area (Å²) in [5.74, 6) is 0.462. The molecule has 134 valence electrons. The largest absolute Gasteiger partial charge is 0.508 e. The number of aromatic hydroxyl groups is 4. The molecule has 4 nitrogen and oxygen atoms in total. The Labute approximate surface area is 148 Å². The second-order valence-electron chi connectivity index (χ2n) is 8.34. The molecule has 4 heteroatoms. The first-order valence-corrected chi connectivity index (χ1v) is 8.68. The normalized spacial score (nSPS) is 21.8. The fourth-order valence-electron chi connectivity index (χ4n) is 4.98. The second-order valence-corrected chi connectivity index (χ2v) is 8.34. The monoisotopic (exact) mass is 342 g/mol. The molecule has 4 N–H and O–H groups in total. The lowest BCUT2D eigenvalue weighted by atomic mass is 9.55. The highest BCUT2D eigenvalue weighted by Gasteiger charge is 2.47. The van der Waals surface area contributed by atoms with Crippen LogP contribution >= 0.6 is 0 Å². The van der Waals surface area contributed by atoms with Gasteiger partial charge in [-0.1, -0.05) is 32.9 Å². The zero-order chi connectivity index (χ0) is 18.4. The molecule has 1 atom stereocenters. The SMILES string of the molecule is CC1CC(C)(C)CC(c2ccc(O)cc2O)(c2ccc(O)cc2O)C1. The van der Waals surface area contributed by atoms with Crippen LogP contribution in [0, 0.1) is 11.3 Å². The average molecular weight is 342 g/mol. The van der Waals surface area contributed by atoms with E-state index in [-0.39, 0.29) is 28.4 Å². The number of rotatable bonds is 2. The molecular formula is C21H26O4. The standard InChI is InChI=1S/C21H26O4/c1-13-10-20(2,3)12-21(11-13,16-6-4-14(22)8-18(16)24)17-7-5-15(23)9-19(17)25/h4-9,13,22-25H,10-12H2,1-3H3. The van der Waals surface area contributed by atoms with Gasteiger partial charge in [-0.25, -0.2) is 0 Å². The molecule has 0 heterocycles. The molecule has 2 aromatic rings. The molecule has 25 heavy (non-hydrogen) atoms. The molecule has 0 bridgehead atoms. The Morgan fingerprint density at radius 3 is 1.68 bits per heavy atom. The predicted octanol–water partition coefficient (Wildman–Crippen LogP) is 4.64. The lowest BCUT2D eigenvalue weighted by Crippen LogP contribution is -2.41. The highest BCUT2D eigenvalue weighted by atomic mass is 16.3. The molecule has 0 radical (unpaired) electrons. The van der Waals surface area contributed by atoms with Gasteiger partial charge in [0, 0.05) is 28.7 Å². The first-order valence-electron chi connectivity index (χ1n) is 8.68. The summed E-state index contributed by atoms with van der Waals surface area (Å²) in [6, 6.07) is 9.32. The Balaban J connectivity index is 2.28. The quantitative estimate of drug-likeness (QED) is 0.641. The molecule has 1 aliphatic rings. The Morgan fingerprint density at radius 2 is 1.28 bits per heavy atom. The van der Waals surface area contributed by atoms with E-state index in [4.69, 9.17) is 0 Å². The van der Waals surface area contributed by atoms with E-state index in [2.05, 4.69) is 20.8 Å². The van der Waals surface area contributed by atoms with Crippen molar-refractivity contribution in [1.29, 1.82) is 0 Å². The summed E-state index contributed by atoms with van der Waals surface area (Å²) in [5, 5.41) is 40.5. The second kappa shape index (κ2) is 5.87. The molecule has 0 aliphatic heterocycles. The Morgan fingerprint density at radius 1 is 0.800 bits per heavy atom. The zero-order valence-electron chi connectivity index (χ0n) is 15.0. The van der Waals surface area contributed by atoms with E-state index < -0.39 is 5.41 Å². The summed E-state index contributed by atoms with van der Waals surface area (Å²) in [5.41, 5.74) is 0.833. The Bertz CT molecular complexity index is 743. The summed E-state index contributed by atoms with van der Waals surface area (Å²) in [6.45, 7) is 6.59. The van der Waals surface area contributed by atoms with Crippen LogP contribution in [0.3, 0.4) is 0 Å². The van der Waals surface area contributed by atoms with Crippen LogP contribution in [0.15, 0.2) is 36.4 Å². The topological polar surface area (TPSA) is 80.9 Å². The van der Waals surface area contributed by atoms with Crippen molar-refractivity contribution < 1.29 is 20.4 Å². The van der Waals surface area contributed by atoms with Crippen LogP contribution in [-0.4, -0.2) is 20.4 Å². The van der Waals surface area contributed by atoms with Crippen LogP contribution in [0.25, 0.3) is 0 Å². The van der Waals surface area contributed by atoms with Gasteiger partial charge in [0.1, 0.15) is 23.0 Å².